The van der Waals surface area contributed by atoms with Crippen molar-refractivity contribution in [3.05, 3.63) is 59.2 Å². The second-order valence-electron chi connectivity index (χ2n) is 6.02. The summed E-state index contributed by atoms with van der Waals surface area (Å²) >= 11 is 1.42. The monoisotopic (exact) mass is 404 g/mol. The molecule has 144 valence electrons. The molecule has 3 rings (SSSR count). The molecule has 2 amide bonds. The Hall–Kier alpha value is -2.92. The van der Waals surface area contributed by atoms with Crippen LogP contribution in [-0.4, -0.2) is 23.6 Å². The van der Waals surface area contributed by atoms with Crippen molar-refractivity contribution in [3.8, 4) is 11.8 Å². The topological polar surface area (TPSA) is 58.2 Å². The zero-order valence-electron chi connectivity index (χ0n) is 14.7. The third-order valence-corrected chi connectivity index (χ3v) is 5.11. The smallest absolute Gasteiger partial charge is 0.341 e. The highest BCUT2D eigenvalue weighted by molar-refractivity contribution is 8.00. The molecule has 0 bridgehead atoms. The summed E-state index contributed by atoms with van der Waals surface area (Å²) in [5.41, 5.74) is 0.379. The number of fused-ring (bicyclic) bond motifs is 1. The molecule has 0 saturated carbocycles. The molecule has 8 heteroatoms. The van der Waals surface area contributed by atoms with Crippen LogP contribution < -0.4 is 10.6 Å². The molecule has 0 radical (unpaired) electrons. The molecule has 2 aromatic rings. The van der Waals surface area contributed by atoms with Crippen molar-refractivity contribution in [2.75, 3.05) is 11.9 Å². The van der Waals surface area contributed by atoms with Crippen LogP contribution in [0.4, 0.5) is 18.9 Å². The molecule has 2 N–H and O–H groups in total. The van der Waals surface area contributed by atoms with Gasteiger partial charge in [0.05, 0.1) is 23.0 Å². The second-order valence-corrected chi connectivity index (χ2v) is 7.41. The number of alkyl halides is 3. The van der Waals surface area contributed by atoms with Crippen molar-refractivity contribution in [3.63, 3.8) is 0 Å². The maximum absolute atomic E-state index is 12.7. The van der Waals surface area contributed by atoms with E-state index in [2.05, 4.69) is 22.5 Å². The third kappa shape index (κ3) is 4.67. The molecule has 4 nitrogen and oxygen atoms in total. The van der Waals surface area contributed by atoms with Crippen molar-refractivity contribution in [1.82, 2.24) is 5.32 Å². The van der Waals surface area contributed by atoms with Gasteiger partial charge in [0.1, 0.15) is 0 Å². The van der Waals surface area contributed by atoms with Crippen LogP contribution in [0.25, 0.3) is 0 Å². The fourth-order valence-corrected chi connectivity index (χ4v) is 3.43. The number of nitrogens with one attached hydrogen (secondary N) is 2. The van der Waals surface area contributed by atoms with Gasteiger partial charge in [-0.1, -0.05) is 17.9 Å². The number of benzene rings is 2. The van der Waals surface area contributed by atoms with Gasteiger partial charge in [-0.25, -0.2) is 0 Å². The summed E-state index contributed by atoms with van der Waals surface area (Å²) in [6.07, 6.45) is -4.43. The maximum atomic E-state index is 12.7. The first-order valence-electron chi connectivity index (χ1n) is 8.30. The van der Waals surface area contributed by atoms with E-state index in [9.17, 15) is 22.8 Å². The van der Waals surface area contributed by atoms with Crippen LogP contribution >= 0.6 is 11.8 Å². The fraction of sp³-hybridized carbons (Fsp3) is 0.200. The summed E-state index contributed by atoms with van der Waals surface area (Å²) in [6, 6.07) is 9.67. The van der Waals surface area contributed by atoms with Gasteiger partial charge >= 0.3 is 6.18 Å². The fourth-order valence-electron chi connectivity index (χ4n) is 2.50. The van der Waals surface area contributed by atoms with E-state index in [-0.39, 0.29) is 29.2 Å². The van der Waals surface area contributed by atoms with E-state index < -0.39 is 11.7 Å². The van der Waals surface area contributed by atoms with Crippen LogP contribution in [0.2, 0.25) is 0 Å². The Morgan fingerprint density at radius 2 is 2.04 bits per heavy atom. The van der Waals surface area contributed by atoms with Crippen LogP contribution in [0.15, 0.2) is 47.4 Å². The highest BCUT2D eigenvalue weighted by Gasteiger charge is 2.30. The lowest BCUT2D eigenvalue weighted by Gasteiger charge is -2.21. The highest BCUT2D eigenvalue weighted by atomic mass is 32.2. The van der Waals surface area contributed by atoms with Gasteiger partial charge in [0.2, 0.25) is 5.91 Å². The SMILES string of the molecule is CC1Sc2ccc(C(=O)NCC#Cc3cccc(C(F)(F)F)c3)cc2NC1=O. The number of rotatable bonds is 2. The minimum atomic E-state index is -4.43. The number of amides is 2. The first kappa shape index (κ1) is 19.8. The van der Waals surface area contributed by atoms with E-state index in [1.54, 1.807) is 25.1 Å². The molecule has 1 unspecified atom stereocenters. The summed E-state index contributed by atoms with van der Waals surface area (Å²) in [7, 11) is 0. The molecule has 1 aliphatic heterocycles. The number of carbonyl (C=O) groups excluding carboxylic acids is 2. The van der Waals surface area contributed by atoms with Gasteiger partial charge in [-0.3, -0.25) is 9.59 Å². The quantitative estimate of drug-likeness (QED) is 0.746. The van der Waals surface area contributed by atoms with Crippen LogP contribution in [0.5, 0.6) is 0 Å². The zero-order valence-corrected chi connectivity index (χ0v) is 15.5. The van der Waals surface area contributed by atoms with E-state index in [0.29, 0.717) is 11.3 Å². The van der Waals surface area contributed by atoms with Gasteiger partial charge in [0.25, 0.3) is 5.91 Å². The van der Waals surface area contributed by atoms with Crippen molar-refractivity contribution in [2.45, 2.75) is 23.2 Å². The first-order chi connectivity index (χ1) is 13.2. The molecule has 1 aliphatic rings. The highest BCUT2D eigenvalue weighted by Crippen LogP contribution is 2.35. The van der Waals surface area contributed by atoms with Gasteiger partial charge in [0, 0.05) is 16.0 Å². The minimum Gasteiger partial charge on any atom is -0.341 e. The summed E-state index contributed by atoms with van der Waals surface area (Å²) in [5, 5.41) is 5.14. The number of halogens is 3. The molecule has 0 saturated heterocycles. The largest absolute Gasteiger partial charge is 0.416 e. The standard InChI is InChI=1S/C20H15F3N2O2S/c1-12-18(26)25-16-11-14(7-8-17(16)28-12)19(27)24-9-3-5-13-4-2-6-15(10-13)20(21,22)23/h2,4,6-8,10-12H,9H2,1H3,(H,24,27)(H,25,26). The summed E-state index contributed by atoms with van der Waals surface area (Å²) in [6.45, 7) is 1.77. The lowest BCUT2D eigenvalue weighted by molar-refractivity contribution is -0.137. The lowest BCUT2D eigenvalue weighted by Crippen LogP contribution is -2.27. The van der Waals surface area contributed by atoms with E-state index in [1.165, 1.54) is 23.9 Å². The number of hydrogen-bond acceptors (Lipinski definition) is 3. The predicted octanol–water partition coefficient (Wildman–Crippen LogP) is 3.92. The number of anilines is 1. The lowest BCUT2D eigenvalue weighted by atomic mass is 10.1. The van der Waals surface area contributed by atoms with Crippen LogP contribution in [0.1, 0.15) is 28.4 Å². The summed E-state index contributed by atoms with van der Waals surface area (Å²) in [5.74, 6) is 4.72. The van der Waals surface area contributed by atoms with Crippen molar-refractivity contribution >= 4 is 29.3 Å². The Labute approximate surface area is 163 Å². The molecule has 0 aliphatic carbocycles. The van der Waals surface area contributed by atoms with E-state index in [1.807, 2.05) is 0 Å². The molecule has 28 heavy (non-hydrogen) atoms. The van der Waals surface area contributed by atoms with Gasteiger partial charge in [-0.15, -0.1) is 11.8 Å². The Bertz CT molecular complexity index is 993. The molecular weight excluding hydrogens is 389 g/mol. The normalized spacial score (nSPS) is 15.7. The first-order valence-corrected chi connectivity index (χ1v) is 9.18. The van der Waals surface area contributed by atoms with Crippen LogP contribution in [-0.2, 0) is 11.0 Å². The molecule has 2 aromatic carbocycles. The molecule has 0 fully saturated rings. The van der Waals surface area contributed by atoms with Crippen molar-refractivity contribution in [2.24, 2.45) is 0 Å². The molecule has 1 heterocycles. The minimum absolute atomic E-state index is 0.0235. The van der Waals surface area contributed by atoms with Gasteiger partial charge in [-0.2, -0.15) is 13.2 Å². The number of carbonyl (C=O) groups is 2. The Morgan fingerprint density at radius 3 is 2.79 bits per heavy atom. The Balaban J connectivity index is 1.63. The average Bonchev–Trinajstić information content (AvgIpc) is 2.65. The molecule has 0 aromatic heterocycles. The van der Waals surface area contributed by atoms with E-state index in [0.717, 1.165) is 17.0 Å². The second kappa shape index (κ2) is 7.98. The Morgan fingerprint density at radius 1 is 1.25 bits per heavy atom. The average molecular weight is 404 g/mol. The number of thioether (sulfide) groups is 1. The molecule has 1 atom stereocenters. The van der Waals surface area contributed by atoms with Crippen LogP contribution in [0, 0.1) is 11.8 Å². The van der Waals surface area contributed by atoms with E-state index in [4.69, 9.17) is 0 Å². The van der Waals surface area contributed by atoms with Gasteiger partial charge in [0.15, 0.2) is 0 Å². The molecule has 0 spiro atoms. The zero-order chi connectivity index (χ0) is 20.3. The van der Waals surface area contributed by atoms with E-state index >= 15 is 0 Å². The van der Waals surface area contributed by atoms with Gasteiger partial charge < -0.3 is 10.6 Å². The van der Waals surface area contributed by atoms with Crippen molar-refractivity contribution < 1.29 is 22.8 Å². The van der Waals surface area contributed by atoms with Crippen molar-refractivity contribution in [1.29, 1.82) is 0 Å². The Kier molecular flexibility index (Phi) is 5.66. The summed E-state index contributed by atoms with van der Waals surface area (Å²) < 4.78 is 38.0. The van der Waals surface area contributed by atoms with Crippen LogP contribution in [0.3, 0.4) is 0 Å². The third-order valence-electron chi connectivity index (χ3n) is 3.93. The van der Waals surface area contributed by atoms with Gasteiger partial charge in [-0.05, 0) is 43.3 Å². The molecular formula is C20H15F3N2O2S. The summed E-state index contributed by atoms with van der Waals surface area (Å²) in [4.78, 5) is 24.9. The maximum Gasteiger partial charge on any atom is 0.416 e. The predicted molar refractivity (Wildman–Crippen MR) is 101 cm³/mol. The number of hydrogen-bond donors (Lipinski definition) is 2.